The van der Waals surface area contributed by atoms with Crippen LogP contribution >= 0.6 is 0 Å². The first-order chi connectivity index (χ1) is 15.8. The van der Waals surface area contributed by atoms with Gasteiger partial charge in [0, 0.05) is 25.7 Å². The van der Waals surface area contributed by atoms with Crippen molar-refractivity contribution in [2.75, 3.05) is 0 Å². The molecule has 0 fully saturated rings. The van der Waals surface area contributed by atoms with Crippen LogP contribution in [0.3, 0.4) is 0 Å². The molecule has 0 unspecified atom stereocenters. The van der Waals surface area contributed by atoms with Crippen molar-refractivity contribution in [1.82, 2.24) is 0 Å². The number of rotatable bonds is 25. The summed E-state index contributed by atoms with van der Waals surface area (Å²) in [5.74, 6) is -2.42. The van der Waals surface area contributed by atoms with Crippen molar-refractivity contribution in [1.29, 1.82) is 0 Å². The van der Waals surface area contributed by atoms with E-state index in [2.05, 4.69) is 0 Å². The van der Waals surface area contributed by atoms with E-state index in [0.29, 0.717) is 12.8 Å². The number of hydrogen-bond acceptors (Lipinski definition) is 4. The maximum Gasteiger partial charge on any atom is 0.306 e. The normalized spacial score (nSPS) is 11.9. The minimum atomic E-state index is -0.977. The maximum atomic E-state index is 12.0. The molecule has 0 aromatic carbocycles. The smallest absolute Gasteiger partial charge is 0.306 e. The van der Waals surface area contributed by atoms with Crippen LogP contribution in [0.1, 0.15) is 142 Å². The van der Waals surface area contributed by atoms with Crippen molar-refractivity contribution in [3.8, 4) is 0 Å². The highest BCUT2D eigenvalue weighted by atomic mass is 16.4. The lowest BCUT2D eigenvalue weighted by Crippen LogP contribution is -2.18. The molecule has 0 amide bonds. The Bertz CT molecular complexity index is 543. The Hall–Kier alpha value is -1.72. The van der Waals surface area contributed by atoms with Crippen molar-refractivity contribution in [3.05, 3.63) is 0 Å². The van der Waals surface area contributed by atoms with Crippen LogP contribution in [0.4, 0.5) is 0 Å². The Balaban J connectivity index is 3.39. The van der Waals surface area contributed by atoms with Crippen LogP contribution in [0.15, 0.2) is 0 Å². The first-order valence-corrected chi connectivity index (χ1v) is 13.3. The predicted octanol–water partition coefficient (Wildman–Crippen LogP) is 7.12. The molecule has 2 N–H and O–H groups in total. The molecule has 0 aliphatic rings. The molecule has 6 heteroatoms. The van der Waals surface area contributed by atoms with Gasteiger partial charge in [0.1, 0.15) is 11.6 Å². The molecule has 0 aliphatic heterocycles. The summed E-state index contributed by atoms with van der Waals surface area (Å²) in [5, 5.41) is 17.8. The zero-order valence-electron chi connectivity index (χ0n) is 21.0. The van der Waals surface area contributed by atoms with Crippen molar-refractivity contribution in [2.24, 2.45) is 5.92 Å². The van der Waals surface area contributed by atoms with E-state index in [0.717, 1.165) is 38.5 Å². The largest absolute Gasteiger partial charge is 0.481 e. The lowest BCUT2D eigenvalue weighted by Gasteiger charge is -2.10. The summed E-state index contributed by atoms with van der Waals surface area (Å²) in [6.07, 6.45) is 20.0. The number of unbranched alkanes of at least 4 members (excludes halogenated alkanes) is 15. The van der Waals surface area contributed by atoms with E-state index in [4.69, 9.17) is 5.11 Å². The van der Waals surface area contributed by atoms with Crippen LogP contribution < -0.4 is 0 Å². The molecule has 0 aromatic rings. The van der Waals surface area contributed by atoms with Crippen LogP contribution in [0.25, 0.3) is 0 Å². The van der Waals surface area contributed by atoms with E-state index in [1.807, 2.05) is 0 Å². The van der Waals surface area contributed by atoms with Crippen LogP contribution in [-0.2, 0) is 19.2 Å². The fourth-order valence-corrected chi connectivity index (χ4v) is 4.14. The summed E-state index contributed by atoms with van der Waals surface area (Å²) >= 11 is 0. The quantitative estimate of drug-likeness (QED) is 0.138. The van der Waals surface area contributed by atoms with E-state index < -0.39 is 17.9 Å². The number of carbonyl (C=O) groups is 4. The average molecular weight is 469 g/mol. The second kappa shape index (κ2) is 22.1. The van der Waals surface area contributed by atoms with Crippen molar-refractivity contribution >= 4 is 23.5 Å². The third kappa shape index (κ3) is 23.2. The van der Waals surface area contributed by atoms with Gasteiger partial charge in [-0.15, -0.1) is 0 Å². The van der Waals surface area contributed by atoms with Crippen molar-refractivity contribution in [3.63, 3.8) is 0 Å². The minimum Gasteiger partial charge on any atom is -0.481 e. The molecule has 0 aromatic heterocycles. The molecule has 0 bridgehead atoms. The average Bonchev–Trinajstić information content (AvgIpc) is 2.75. The summed E-state index contributed by atoms with van der Waals surface area (Å²) in [5.41, 5.74) is 0. The van der Waals surface area contributed by atoms with Gasteiger partial charge in [0.2, 0.25) is 0 Å². The molecule has 1 atom stereocenters. The molecular weight excluding hydrogens is 420 g/mol. The summed E-state index contributed by atoms with van der Waals surface area (Å²) in [6.45, 7) is 1.44. The second-order valence-corrected chi connectivity index (χ2v) is 9.57. The first-order valence-electron chi connectivity index (χ1n) is 13.3. The van der Waals surface area contributed by atoms with Crippen LogP contribution in [0, 0.1) is 5.92 Å². The highest BCUT2D eigenvalue weighted by Gasteiger charge is 2.21. The topological polar surface area (TPSA) is 109 Å². The third-order valence-electron chi connectivity index (χ3n) is 6.26. The highest BCUT2D eigenvalue weighted by molar-refractivity contribution is 5.84. The summed E-state index contributed by atoms with van der Waals surface area (Å²) in [7, 11) is 0. The van der Waals surface area contributed by atoms with Gasteiger partial charge < -0.3 is 15.0 Å². The lowest BCUT2D eigenvalue weighted by atomic mass is 9.94. The number of ketones is 2. The van der Waals surface area contributed by atoms with Crippen LogP contribution in [0.5, 0.6) is 0 Å². The molecular formula is C27H48O6. The Labute approximate surface area is 200 Å². The van der Waals surface area contributed by atoms with E-state index >= 15 is 0 Å². The number of hydrogen-bond donors (Lipinski definition) is 2. The molecule has 0 radical (unpaired) electrons. The molecule has 0 saturated carbocycles. The second-order valence-electron chi connectivity index (χ2n) is 9.57. The Morgan fingerprint density at radius 1 is 0.545 bits per heavy atom. The fourth-order valence-electron chi connectivity index (χ4n) is 4.14. The first kappa shape index (κ1) is 31.3. The third-order valence-corrected chi connectivity index (χ3v) is 6.26. The molecule has 33 heavy (non-hydrogen) atoms. The van der Waals surface area contributed by atoms with Gasteiger partial charge in [0.05, 0.1) is 5.92 Å². The van der Waals surface area contributed by atoms with Gasteiger partial charge in [-0.25, -0.2) is 0 Å². The summed E-state index contributed by atoms with van der Waals surface area (Å²) in [4.78, 5) is 44.7. The van der Waals surface area contributed by atoms with Gasteiger partial charge in [-0.1, -0.05) is 89.9 Å². The van der Waals surface area contributed by atoms with E-state index in [1.165, 1.54) is 71.1 Å². The number of aliphatic carboxylic acids is 2. The van der Waals surface area contributed by atoms with Gasteiger partial charge in [-0.05, 0) is 26.2 Å². The van der Waals surface area contributed by atoms with Gasteiger partial charge in [-0.2, -0.15) is 0 Å². The van der Waals surface area contributed by atoms with Crippen molar-refractivity contribution in [2.45, 2.75) is 142 Å². The molecule has 192 valence electrons. The van der Waals surface area contributed by atoms with E-state index in [9.17, 15) is 24.3 Å². The van der Waals surface area contributed by atoms with Crippen LogP contribution in [0.2, 0.25) is 0 Å². The Morgan fingerprint density at radius 2 is 0.909 bits per heavy atom. The van der Waals surface area contributed by atoms with E-state index in [1.54, 1.807) is 0 Å². The SMILES string of the molecule is CC(=O)CC[C@H](CC(=O)CCCCCCCCCCCCCCCCCCC(=O)O)C(=O)O. The van der Waals surface area contributed by atoms with Gasteiger partial charge >= 0.3 is 11.9 Å². The maximum absolute atomic E-state index is 12.0. The monoisotopic (exact) mass is 468 g/mol. The molecule has 0 heterocycles. The number of carbonyl (C=O) groups excluding carboxylic acids is 2. The molecule has 0 rings (SSSR count). The zero-order valence-corrected chi connectivity index (χ0v) is 21.0. The van der Waals surface area contributed by atoms with Crippen molar-refractivity contribution < 1.29 is 29.4 Å². The van der Waals surface area contributed by atoms with Gasteiger partial charge in [-0.3, -0.25) is 14.4 Å². The number of carboxylic acids is 2. The van der Waals surface area contributed by atoms with Gasteiger partial charge in [0.15, 0.2) is 0 Å². The molecule has 0 saturated heterocycles. The Kier molecular flexibility index (Phi) is 20.9. The lowest BCUT2D eigenvalue weighted by molar-refractivity contribution is -0.144. The van der Waals surface area contributed by atoms with E-state index in [-0.39, 0.29) is 30.8 Å². The van der Waals surface area contributed by atoms with Crippen LogP contribution in [-0.4, -0.2) is 33.7 Å². The summed E-state index contributed by atoms with van der Waals surface area (Å²) < 4.78 is 0. The fraction of sp³-hybridized carbons (Fsp3) is 0.852. The number of carboxylic acid groups (broad SMARTS) is 2. The molecule has 6 nitrogen and oxygen atoms in total. The Morgan fingerprint density at radius 3 is 1.24 bits per heavy atom. The van der Waals surface area contributed by atoms with Gasteiger partial charge in [0.25, 0.3) is 0 Å². The minimum absolute atomic E-state index is 0.00383. The standard InChI is InChI=1S/C27H48O6/c1-23(28)20-21-24(27(32)33)22-25(29)18-16-14-12-10-8-6-4-2-3-5-7-9-11-13-15-17-19-26(30)31/h24H,2-22H2,1H3,(H,30,31)(H,32,33)/t24-/m1/s1. The predicted molar refractivity (Wildman–Crippen MR) is 131 cm³/mol. The highest BCUT2D eigenvalue weighted by Crippen LogP contribution is 2.17. The molecule has 0 spiro atoms. The summed E-state index contributed by atoms with van der Waals surface area (Å²) in [6, 6.07) is 0. The number of Topliss-reactive ketones (excluding diaryl/α,β-unsaturated/α-hetero) is 2. The zero-order chi connectivity index (χ0) is 24.7. The molecule has 0 aliphatic carbocycles.